The molecule has 4 rings (SSSR count). The van der Waals surface area contributed by atoms with E-state index in [1.54, 1.807) is 31.4 Å². The first-order chi connectivity index (χ1) is 18.0. The Morgan fingerprint density at radius 3 is 2.39 bits per heavy atom. The number of benzene rings is 2. The number of nitrogens with zero attached hydrogens (tertiary/aromatic N) is 2. The second-order valence-corrected chi connectivity index (χ2v) is 9.86. The molecule has 0 radical (unpaired) electrons. The number of halogens is 1. The first kappa shape index (κ1) is 27.2. The van der Waals surface area contributed by atoms with Crippen molar-refractivity contribution >= 4 is 51.1 Å². The van der Waals surface area contributed by atoms with Crippen LogP contribution in [0.5, 0.6) is 17.2 Å². The van der Waals surface area contributed by atoms with E-state index in [1.165, 1.54) is 44.0 Å². The average molecular weight is 590 g/mol. The lowest BCUT2D eigenvalue weighted by Crippen LogP contribution is -2.47. The number of esters is 1. The van der Waals surface area contributed by atoms with Gasteiger partial charge in [0.15, 0.2) is 17.9 Å². The Labute approximate surface area is 228 Å². The van der Waals surface area contributed by atoms with Crippen molar-refractivity contribution < 1.29 is 38.1 Å². The summed E-state index contributed by atoms with van der Waals surface area (Å²) in [5.41, 5.74) is -0.358. The van der Waals surface area contributed by atoms with Crippen LogP contribution in [0, 0.1) is 0 Å². The summed E-state index contributed by atoms with van der Waals surface area (Å²) in [6, 6.07) is 8.35. The van der Waals surface area contributed by atoms with Gasteiger partial charge in [0.1, 0.15) is 11.5 Å². The summed E-state index contributed by atoms with van der Waals surface area (Å²) in [6.45, 7) is 1.40. The van der Waals surface area contributed by atoms with Gasteiger partial charge in [-0.05, 0) is 36.8 Å². The number of fused-ring (bicyclic) bond motifs is 3. The minimum atomic E-state index is -1.72. The number of nitrogens with one attached hydrogen (secondary N) is 1. The molecule has 2 aromatic carbocycles. The highest BCUT2D eigenvalue weighted by atomic mass is 79.9. The van der Waals surface area contributed by atoms with Gasteiger partial charge in [0, 0.05) is 38.0 Å². The van der Waals surface area contributed by atoms with Crippen LogP contribution in [0.3, 0.4) is 0 Å². The molecule has 202 valence electrons. The summed E-state index contributed by atoms with van der Waals surface area (Å²) in [7, 11) is 5.77. The summed E-state index contributed by atoms with van der Waals surface area (Å²) < 4.78 is 21.3. The number of hydrogen-bond acceptors (Lipinski definition) is 9. The summed E-state index contributed by atoms with van der Waals surface area (Å²) >= 11 is 3.49. The number of ketones is 1. The zero-order chi connectivity index (χ0) is 27.8. The standard InChI is InChI=1S/C26H28BrN3O8/c1-26(24(33)36-5)23(32)21-20-14(11-27)12-30(19(31)13-37-16-8-6-15(35-4)7-9-16)17(20)10-18(22(21)28-26)38-25(34)29(2)3/h6-10,14,28H,11-13H2,1-5H3/t14-,26-/m1/s1. The topological polar surface area (TPSA) is 124 Å². The summed E-state index contributed by atoms with van der Waals surface area (Å²) in [5.74, 6) is -0.790. The molecule has 2 aromatic rings. The van der Waals surface area contributed by atoms with Crippen LogP contribution in [-0.2, 0) is 14.3 Å². The van der Waals surface area contributed by atoms with E-state index in [2.05, 4.69) is 21.2 Å². The molecule has 0 spiro atoms. The first-order valence-corrected chi connectivity index (χ1v) is 12.8. The number of hydrogen-bond donors (Lipinski definition) is 1. The van der Waals surface area contributed by atoms with Crippen molar-refractivity contribution in [2.24, 2.45) is 0 Å². The molecule has 0 fully saturated rings. The van der Waals surface area contributed by atoms with Gasteiger partial charge < -0.3 is 34.1 Å². The molecule has 2 heterocycles. The van der Waals surface area contributed by atoms with Crippen LogP contribution in [-0.4, -0.2) is 81.0 Å². The van der Waals surface area contributed by atoms with Gasteiger partial charge in [-0.25, -0.2) is 9.59 Å². The third-order valence-corrected chi connectivity index (χ3v) is 7.31. The Morgan fingerprint density at radius 1 is 1.16 bits per heavy atom. The smallest absolute Gasteiger partial charge is 0.414 e. The molecule has 0 unspecified atom stereocenters. The van der Waals surface area contributed by atoms with Gasteiger partial charge in [-0.3, -0.25) is 9.59 Å². The van der Waals surface area contributed by atoms with Crippen molar-refractivity contribution in [2.45, 2.75) is 18.4 Å². The van der Waals surface area contributed by atoms with Gasteiger partial charge in [-0.15, -0.1) is 0 Å². The van der Waals surface area contributed by atoms with Crippen molar-refractivity contribution in [3.8, 4) is 17.2 Å². The lowest BCUT2D eigenvalue weighted by Gasteiger charge is -2.21. The monoisotopic (exact) mass is 589 g/mol. The predicted molar refractivity (Wildman–Crippen MR) is 142 cm³/mol. The van der Waals surface area contributed by atoms with E-state index in [1.807, 2.05) is 0 Å². The summed E-state index contributed by atoms with van der Waals surface area (Å²) in [6.07, 6.45) is -0.691. The molecule has 0 bridgehead atoms. The number of rotatable bonds is 7. The van der Waals surface area contributed by atoms with E-state index in [-0.39, 0.29) is 42.0 Å². The fraction of sp³-hybridized carbons (Fsp3) is 0.385. The van der Waals surface area contributed by atoms with Crippen LogP contribution >= 0.6 is 15.9 Å². The summed E-state index contributed by atoms with van der Waals surface area (Å²) in [4.78, 5) is 54.8. The van der Waals surface area contributed by atoms with Crippen molar-refractivity contribution in [2.75, 3.05) is 57.0 Å². The molecule has 11 nitrogen and oxygen atoms in total. The number of ether oxygens (including phenoxy) is 4. The fourth-order valence-corrected chi connectivity index (χ4v) is 5.02. The maximum atomic E-state index is 13.7. The Hall–Kier alpha value is -3.80. The normalized spacial score (nSPS) is 19.3. The molecule has 12 heteroatoms. The Bertz CT molecular complexity index is 1300. The summed E-state index contributed by atoms with van der Waals surface area (Å²) in [5, 5.41) is 3.36. The third kappa shape index (κ3) is 4.64. The number of alkyl halides is 1. The lowest BCUT2D eigenvalue weighted by molar-refractivity contribution is -0.143. The van der Waals surface area contributed by atoms with Crippen molar-refractivity contribution in [1.82, 2.24) is 4.90 Å². The minimum Gasteiger partial charge on any atom is -0.497 e. The van der Waals surface area contributed by atoms with Crippen LogP contribution < -0.4 is 24.4 Å². The van der Waals surface area contributed by atoms with Crippen molar-refractivity contribution in [3.63, 3.8) is 0 Å². The predicted octanol–water partition coefficient (Wildman–Crippen LogP) is 3.20. The van der Waals surface area contributed by atoms with Gasteiger partial charge in [0.05, 0.1) is 31.2 Å². The molecule has 38 heavy (non-hydrogen) atoms. The van der Waals surface area contributed by atoms with Crippen molar-refractivity contribution in [1.29, 1.82) is 0 Å². The number of amides is 2. The quantitative estimate of drug-likeness (QED) is 0.294. The van der Waals surface area contributed by atoms with Crippen LogP contribution in [0.15, 0.2) is 30.3 Å². The highest BCUT2D eigenvalue weighted by Gasteiger charge is 2.53. The molecule has 2 aliphatic rings. The molecule has 0 aliphatic carbocycles. The second kappa shape index (κ2) is 10.5. The minimum absolute atomic E-state index is 0.0162. The van der Waals surface area contributed by atoms with E-state index >= 15 is 0 Å². The molecule has 2 amide bonds. The van der Waals surface area contributed by atoms with Crippen LogP contribution in [0.4, 0.5) is 16.2 Å². The number of anilines is 2. The Morgan fingerprint density at radius 2 is 1.82 bits per heavy atom. The highest BCUT2D eigenvalue weighted by Crippen LogP contribution is 2.51. The Balaban J connectivity index is 1.74. The molecular weight excluding hydrogens is 562 g/mol. The number of carbonyl (C=O) groups excluding carboxylic acids is 4. The van der Waals surface area contributed by atoms with Gasteiger partial charge in [0.2, 0.25) is 5.78 Å². The van der Waals surface area contributed by atoms with E-state index in [4.69, 9.17) is 18.9 Å². The molecular formula is C26H28BrN3O8. The van der Waals surface area contributed by atoms with E-state index in [9.17, 15) is 19.2 Å². The average Bonchev–Trinajstić information content (AvgIpc) is 3.42. The third-order valence-electron chi connectivity index (χ3n) is 6.53. The second-order valence-electron chi connectivity index (χ2n) is 9.21. The first-order valence-electron chi connectivity index (χ1n) is 11.7. The highest BCUT2D eigenvalue weighted by molar-refractivity contribution is 9.09. The largest absolute Gasteiger partial charge is 0.497 e. The molecule has 2 aliphatic heterocycles. The maximum absolute atomic E-state index is 13.7. The van der Waals surface area contributed by atoms with Crippen LogP contribution in [0.1, 0.15) is 28.8 Å². The number of methoxy groups -OCH3 is 2. The molecule has 0 saturated carbocycles. The van der Waals surface area contributed by atoms with Crippen molar-refractivity contribution in [3.05, 3.63) is 41.5 Å². The molecule has 0 saturated heterocycles. The van der Waals surface area contributed by atoms with Gasteiger partial charge >= 0.3 is 12.1 Å². The van der Waals surface area contributed by atoms with Crippen LogP contribution in [0.25, 0.3) is 0 Å². The van der Waals surface area contributed by atoms with E-state index in [0.717, 1.165) is 0 Å². The van der Waals surface area contributed by atoms with Gasteiger partial charge in [-0.1, -0.05) is 15.9 Å². The SMILES string of the molecule is COC(=O)[C@]1(C)Nc2c(OC(=O)N(C)C)cc3c(c2C1=O)[C@H](CBr)CN3C(=O)COc1ccc(OC)cc1. The fourth-order valence-electron chi connectivity index (χ4n) is 4.49. The van der Waals surface area contributed by atoms with Gasteiger partial charge in [-0.2, -0.15) is 0 Å². The van der Waals surface area contributed by atoms with Crippen LogP contribution in [0.2, 0.25) is 0 Å². The maximum Gasteiger partial charge on any atom is 0.414 e. The van der Waals surface area contributed by atoms with Gasteiger partial charge in [0.25, 0.3) is 5.91 Å². The Kier molecular flexibility index (Phi) is 7.54. The number of carbonyl (C=O) groups is 4. The molecule has 1 N–H and O–H groups in total. The zero-order valence-corrected chi connectivity index (χ0v) is 23.2. The molecule has 2 atom stereocenters. The zero-order valence-electron chi connectivity index (χ0n) is 21.6. The van der Waals surface area contributed by atoms with E-state index < -0.39 is 23.4 Å². The van der Waals surface area contributed by atoms with E-state index in [0.29, 0.717) is 28.1 Å². The molecule has 0 aromatic heterocycles. The lowest BCUT2D eigenvalue weighted by atomic mass is 9.89. The number of Topliss-reactive ketones (excluding diaryl/α,β-unsaturated/α-hetero) is 1.